The number of carbonyl (C=O) groups excluding carboxylic acids is 1. The molecule has 4 aromatic rings. The Balaban J connectivity index is 1.26. The van der Waals surface area contributed by atoms with Crippen LogP contribution in [0, 0.1) is 5.82 Å². The number of fused-ring (bicyclic) bond motifs is 3. The Morgan fingerprint density at radius 1 is 1.13 bits per heavy atom. The smallest absolute Gasteiger partial charge is 0.280 e. The second-order valence-electron chi connectivity index (χ2n) is 10.0. The van der Waals surface area contributed by atoms with Crippen LogP contribution in [0.3, 0.4) is 0 Å². The topological polar surface area (TPSA) is 133 Å². The molecule has 1 aromatic carbocycles. The zero-order valence-corrected chi connectivity index (χ0v) is 24.4. The number of hydrogen-bond acceptors (Lipinski definition) is 10. The summed E-state index contributed by atoms with van der Waals surface area (Å²) in [5.41, 5.74) is -2.30. The third-order valence-electron chi connectivity index (χ3n) is 7.11. The standard InChI is InChI=1S/C29H25F4N5O6S/c1-2-42-21-12-20(27(32)33)37-28-26(21)44-8-6-38(28)24-4-3-15-13-34-17(11-19(15)36-24)14-35-29(39)16-9-18(30)25-22(10-16)45(40,41)23(31)5-7-43-25/h3-4,9-13,23,27H,2,5-8,14H2,1H3,(H,35,39)/t23-/m1/s1. The fraction of sp³-hybridized carbons (Fsp3) is 0.310. The Labute approximate surface area is 254 Å². The molecule has 0 bridgehead atoms. The highest BCUT2D eigenvalue weighted by atomic mass is 32.2. The van der Waals surface area contributed by atoms with E-state index in [2.05, 4.69) is 20.3 Å². The number of rotatable bonds is 7. The van der Waals surface area contributed by atoms with Crippen LogP contribution in [0.25, 0.3) is 10.9 Å². The fourth-order valence-electron chi connectivity index (χ4n) is 4.94. The van der Waals surface area contributed by atoms with E-state index in [-0.39, 0.29) is 55.8 Å². The monoisotopic (exact) mass is 647 g/mol. The summed E-state index contributed by atoms with van der Waals surface area (Å²) in [6.07, 6.45) is -1.79. The lowest BCUT2D eigenvalue weighted by atomic mass is 10.2. The molecule has 0 radical (unpaired) electrons. The molecular formula is C29H25F4N5O6S. The van der Waals surface area contributed by atoms with E-state index in [4.69, 9.17) is 14.2 Å². The lowest BCUT2D eigenvalue weighted by Crippen LogP contribution is -2.30. The number of benzene rings is 1. The molecule has 0 fully saturated rings. The third kappa shape index (κ3) is 5.77. The maximum atomic E-state index is 14.7. The zero-order chi connectivity index (χ0) is 31.9. The van der Waals surface area contributed by atoms with E-state index in [0.29, 0.717) is 22.4 Å². The van der Waals surface area contributed by atoms with Crippen LogP contribution in [0.4, 0.5) is 29.2 Å². The van der Waals surface area contributed by atoms with Crippen molar-refractivity contribution in [1.29, 1.82) is 0 Å². The maximum absolute atomic E-state index is 14.7. The molecule has 11 nitrogen and oxygen atoms in total. The highest BCUT2D eigenvalue weighted by Crippen LogP contribution is 2.43. The van der Waals surface area contributed by atoms with Crippen LogP contribution in [-0.2, 0) is 16.4 Å². The summed E-state index contributed by atoms with van der Waals surface area (Å²) in [4.78, 5) is 26.9. The molecule has 0 spiro atoms. The maximum Gasteiger partial charge on any atom is 0.280 e. The molecule has 2 aliphatic rings. The van der Waals surface area contributed by atoms with E-state index >= 15 is 0 Å². The molecule has 0 saturated heterocycles. The molecule has 1 N–H and O–H groups in total. The summed E-state index contributed by atoms with van der Waals surface area (Å²) >= 11 is 0. The van der Waals surface area contributed by atoms with Crippen LogP contribution >= 0.6 is 0 Å². The molecule has 5 heterocycles. The highest BCUT2D eigenvalue weighted by Gasteiger charge is 2.36. The van der Waals surface area contributed by atoms with Gasteiger partial charge in [0.05, 0.1) is 37.5 Å². The first-order valence-electron chi connectivity index (χ1n) is 13.8. The lowest BCUT2D eigenvalue weighted by Gasteiger charge is -2.30. The number of anilines is 2. The van der Waals surface area contributed by atoms with Crippen molar-refractivity contribution >= 4 is 38.3 Å². The molecule has 16 heteroatoms. The van der Waals surface area contributed by atoms with Crippen molar-refractivity contribution < 1.29 is 45.0 Å². The van der Waals surface area contributed by atoms with E-state index < -0.39 is 56.3 Å². The van der Waals surface area contributed by atoms with Crippen LogP contribution in [0.15, 0.2) is 47.5 Å². The average molecular weight is 648 g/mol. The molecular weight excluding hydrogens is 622 g/mol. The highest BCUT2D eigenvalue weighted by molar-refractivity contribution is 7.92. The van der Waals surface area contributed by atoms with Crippen molar-refractivity contribution in [2.75, 3.05) is 31.3 Å². The Morgan fingerprint density at radius 3 is 2.71 bits per heavy atom. The van der Waals surface area contributed by atoms with Gasteiger partial charge in [-0.15, -0.1) is 0 Å². The van der Waals surface area contributed by atoms with Gasteiger partial charge in [0.25, 0.3) is 12.3 Å². The lowest BCUT2D eigenvalue weighted by molar-refractivity contribution is 0.0949. The van der Waals surface area contributed by atoms with Gasteiger partial charge >= 0.3 is 0 Å². The molecule has 3 aromatic heterocycles. The van der Waals surface area contributed by atoms with Crippen molar-refractivity contribution in [1.82, 2.24) is 20.3 Å². The van der Waals surface area contributed by atoms with Gasteiger partial charge in [-0.1, -0.05) is 0 Å². The minimum absolute atomic E-state index is 0.135. The number of aromatic nitrogens is 3. The van der Waals surface area contributed by atoms with Crippen LogP contribution in [0.5, 0.6) is 17.2 Å². The van der Waals surface area contributed by atoms with Crippen LogP contribution in [-0.4, -0.2) is 61.1 Å². The third-order valence-corrected chi connectivity index (χ3v) is 8.93. The van der Waals surface area contributed by atoms with Gasteiger partial charge in [-0.2, -0.15) is 0 Å². The Bertz CT molecular complexity index is 1910. The van der Waals surface area contributed by atoms with Crippen molar-refractivity contribution in [3.8, 4) is 17.2 Å². The predicted molar refractivity (Wildman–Crippen MR) is 152 cm³/mol. The average Bonchev–Trinajstić information content (AvgIpc) is 3.14. The van der Waals surface area contributed by atoms with Gasteiger partial charge in [0.15, 0.2) is 23.1 Å². The fourth-order valence-corrected chi connectivity index (χ4v) is 6.33. The second-order valence-corrected chi connectivity index (χ2v) is 12.1. The molecule has 1 amide bonds. The van der Waals surface area contributed by atoms with Gasteiger partial charge in [-0.3, -0.25) is 9.78 Å². The quantitative estimate of drug-likeness (QED) is 0.279. The SMILES string of the molecule is CCOc1cc(C(F)F)nc2c1OCCN2c1ccc2cnc(CNC(=O)c3cc(F)c4c(c3)S(=O)(=O)[C@@H](F)CCO4)cc2n1. The van der Waals surface area contributed by atoms with E-state index in [0.717, 1.165) is 18.2 Å². The largest absolute Gasteiger partial charge is 0.490 e. The number of pyridine rings is 3. The number of sulfone groups is 1. The van der Waals surface area contributed by atoms with Gasteiger partial charge in [0.1, 0.15) is 23.0 Å². The summed E-state index contributed by atoms with van der Waals surface area (Å²) in [5.74, 6) is -1.66. The van der Waals surface area contributed by atoms with Gasteiger partial charge in [-0.05, 0) is 37.3 Å². The normalized spacial score (nSPS) is 17.1. The zero-order valence-electron chi connectivity index (χ0n) is 23.6. The Morgan fingerprint density at radius 2 is 1.93 bits per heavy atom. The van der Waals surface area contributed by atoms with Crippen molar-refractivity contribution in [3.63, 3.8) is 0 Å². The van der Waals surface area contributed by atoms with Crippen LogP contribution in [0.1, 0.15) is 41.5 Å². The van der Waals surface area contributed by atoms with Crippen molar-refractivity contribution in [2.24, 2.45) is 0 Å². The first kappa shape index (κ1) is 30.3. The summed E-state index contributed by atoms with van der Waals surface area (Å²) in [5, 5.41) is 3.19. The van der Waals surface area contributed by atoms with E-state index in [9.17, 15) is 30.8 Å². The van der Waals surface area contributed by atoms with E-state index in [1.54, 1.807) is 30.0 Å². The molecule has 236 valence electrons. The van der Waals surface area contributed by atoms with Gasteiger partial charge < -0.3 is 24.4 Å². The number of nitrogens with one attached hydrogen (secondary N) is 1. The number of alkyl halides is 3. The van der Waals surface area contributed by atoms with E-state index in [1.165, 1.54) is 6.20 Å². The Kier molecular flexibility index (Phi) is 8.07. The number of carbonyl (C=O) groups is 1. The minimum atomic E-state index is -4.56. The summed E-state index contributed by atoms with van der Waals surface area (Å²) < 4.78 is 97.6. The Hall–Kier alpha value is -4.73. The van der Waals surface area contributed by atoms with E-state index in [1.807, 2.05) is 0 Å². The number of halogens is 4. The van der Waals surface area contributed by atoms with Crippen molar-refractivity contribution in [2.45, 2.75) is 36.7 Å². The van der Waals surface area contributed by atoms with Crippen LogP contribution < -0.4 is 24.4 Å². The minimum Gasteiger partial charge on any atom is -0.490 e. The van der Waals surface area contributed by atoms with Gasteiger partial charge in [0.2, 0.25) is 21.1 Å². The molecule has 6 rings (SSSR count). The van der Waals surface area contributed by atoms with Gasteiger partial charge in [-0.25, -0.2) is 35.9 Å². The molecule has 0 aliphatic carbocycles. The summed E-state index contributed by atoms with van der Waals surface area (Å²) in [6, 6.07) is 7.87. The molecule has 2 aliphatic heterocycles. The summed E-state index contributed by atoms with van der Waals surface area (Å²) in [6.45, 7) is 1.96. The molecule has 0 unspecified atom stereocenters. The second kappa shape index (κ2) is 12.0. The summed E-state index contributed by atoms with van der Waals surface area (Å²) in [7, 11) is -4.56. The number of ether oxygens (including phenoxy) is 3. The number of amides is 1. The molecule has 45 heavy (non-hydrogen) atoms. The number of nitrogens with zero attached hydrogens (tertiary/aromatic N) is 4. The first-order chi connectivity index (χ1) is 21.6. The van der Waals surface area contributed by atoms with Gasteiger partial charge in [0, 0.05) is 29.6 Å². The van der Waals surface area contributed by atoms with Crippen molar-refractivity contribution in [3.05, 3.63) is 65.4 Å². The first-order valence-corrected chi connectivity index (χ1v) is 15.4. The number of hydrogen-bond donors (Lipinski definition) is 1. The predicted octanol–water partition coefficient (Wildman–Crippen LogP) is 4.81. The molecule has 0 saturated carbocycles. The van der Waals surface area contributed by atoms with Crippen LogP contribution in [0.2, 0.25) is 0 Å². The molecule has 1 atom stereocenters.